The molecular weight excluding hydrogens is 451 g/mol. The Morgan fingerprint density at radius 2 is 1.66 bits per heavy atom. The lowest BCUT2D eigenvalue weighted by Gasteiger charge is -2.19. The molecular formula is C28H25FO6. The summed E-state index contributed by atoms with van der Waals surface area (Å²) in [6.07, 6.45) is 0.420. The van der Waals surface area contributed by atoms with Crippen LogP contribution in [-0.2, 0) is 4.79 Å². The zero-order valence-corrected chi connectivity index (χ0v) is 19.5. The molecule has 0 radical (unpaired) electrons. The Bertz CT molecular complexity index is 1300. The SMILES string of the molecule is COc1cc(/C=C2/C(C)=C(CC(=O)O)c3cc(F)ccc32)cc(OC)c1OC(O)c1ccccc1. The van der Waals surface area contributed by atoms with E-state index >= 15 is 0 Å². The summed E-state index contributed by atoms with van der Waals surface area (Å²) < 4.78 is 30.8. The van der Waals surface area contributed by atoms with E-state index in [9.17, 15) is 19.4 Å². The lowest BCUT2D eigenvalue weighted by Crippen LogP contribution is -2.08. The Balaban J connectivity index is 1.77. The average Bonchev–Trinajstić information content (AvgIpc) is 3.09. The molecule has 0 amide bonds. The summed E-state index contributed by atoms with van der Waals surface area (Å²) in [6, 6.07) is 16.7. The van der Waals surface area contributed by atoms with Gasteiger partial charge in [0.2, 0.25) is 12.0 Å². The van der Waals surface area contributed by atoms with E-state index < -0.39 is 18.1 Å². The predicted molar refractivity (Wildman–Crippen MR) is 131 cm³/mol. The number of aliphatic hydroxyl groups excluding tert-OH is 1. The number of hydrogen-bond acceptors (Lipinski definition) is 5. The highest BCUT2D eigenvalue weighted by atomic mass is 19.1. The summed E-state index contributed by atoms with van der Waals surface area (Å²) in [6.45, 7) is 1.82. The smallest absolute Gasteiger partial charge is 0.307 e. The number of rotatable bonds is 8. The van der Waals surface area contributed by atoms with E-state index in [1.807, 2.05) is 19.1 Å². The number of aliphatic carboxylic acids is 1. The molecule has 0 saturated heterocycles. The molecule has 1 aliphatic rings. The van der Waals surface area contributed by atoms with E-state index in [0.29, 0.717) is 33.8 Å². The highest BCUT2D eigenvalue weighted by Crippen LogP contribution is 2.46. The molecule has 0 saturated carbocycles. The van der Waals surface area contributed by atoms with Crippen molar-refractivity contribution in [2.45, 2.75) is 19.6 Å². The molecule has 0 bridgehead atoms. The normalized spacial score (nSPS) is 14.6. The minimum atomic E-state index is -1.23. The highest BCUT2D eigenvalue weighted by Gasteiger charge is 2.26. The van der Waals surface area contributed by atoms with Gasteiger partial charge in [0, 0.05) is 5.56 Å². The van der Waals surface area contributed by atoms with Gasteiger partial charge in [0.15, 0.2) is 11.5 Å². The Hall–Kier alpha value is -4.10. The van der Waals surface area contributed by atoms with Gasteiger partial charge in [-0.25, -0.2) is 4.39 Å². The number of hydrogen-bond donors (Lipinski definition) is 2. The van der Waals surface area contributed by atoms with Crippen LogP contribution in [-0.4, -0.2) is 30.4 Å². The quantitative estimate of drug-likeness (QED) is 0.405. The standard InChI is InChI=1S/C28H25FO6/c1-16-21(20-10-9-19(29)14-23(20)22(16)15-26(30)31)11-17-12-24(33-2)27(25(13-17)34-3)35-28(32)18-7-5-4-6-8-18/h4-14,28,32H,15H2,1-3H3,(H,30,31)/b21-11-. The first kappa shape index (κ1) is 24.0. The van der Waals surface area contributed by atoms with Crippen molar-refractivity contribution in [3.8, 4) is 17.2 Å². The summed E-state index contributed by atoms with van der Waals surface area (Å²) in [5, 5.41) is 19.9. The Labute approximate surface area is 202 Å². The van der Waals surface area contributed by atoms with Gasteiger partial charge in [0.1, 0.15) is 5.82 Å². The molecule has 0 spiro atoms. The number of halogens is 1. The van der Waals surface area contributed by atoms with E-state index in [0.717, 1.165) is 16.7 Å². The van der Waals surface area contributed by atoms with Gasteiger partial charge in [0.05, 0.1) is 20.6 Å². The van der Waals surface area contributed by atoms with Crippen molar-refractivity contribution in [1.29, 1.82) is 0 Å². The topological polar surface area (TPSA) is 85.2 Å². The molecule has 3 aromatic carbocycles. The number of carboxylic acids is 1. The van der Waals surface area contributed by atoms with E-state index in [1.165, 1.54) is 26.4 Å². The van der Waals surface area contributed by atoms with Crippen LogP contribution in [0, 0.1) is 5.82 Å². The van der Waals surface area contributed by atoms with Crippen molar-refractivity contribution in [2.75, 3.05) is 14.2 Å². The molecule has 0 fully saturated rings. The molecule has 2 N–H and O–H groups in total. The van der Waals surface area contributed by atoms with Gasteiger partial charge in [-0.3, -0.25) is 4.79 Å². The second-order valence-corrected chi connectivity index (χ2v) is 8.06. The first-order chi connectivity index (χ1) is 16.8. The number of benzene rings is 3. The van der Waals surface area contributed by atoms with Gasteiger partial charge in [-0.1, -0.05) is 36.4 Å². The number of fused-ring (bicyclic) bond motifs is 1. The maximum Gasteiger partial charge on any atom is 0.307 e. The van der Waals surface area contributed by atoms with Gasteiger partial charge in [-0.15, -0.1) is 0 Å². The number of aliphatic hydroxyl groups is 1. The Morgan fingerprint density at radius 3 is 2.26 bits per heavy atom. The van der Waals surface area contributed by atoms with Crippen LogP contribution in [0.25, 0.3) is 17.2 Å². The third kappa shape index (κ3) is 4.90. The van der Waals surface area contributed by atoms with Gasteiger partial charge < -0.3 is 24.4 Å². The second-order valence-electron chi connectivity index (χ2n) is 8.06. The fraction of sp³-hybridized carbons (Fsp3) is 0.179. The molecule has 6 nitrogen and oxygen atoms in total. The zero-order valence-electron chi connectivity index (χ0n) is 19.5. The third-order valence-corrected chi connectivity index (χ3v) is 5.89. The number of carboxylic acid groups (broad SMARTS) is 1. The van der Waals surface area contributed by atoms with E-state index in [1.54, 1.807) is 42.5 Å². The predicted octanol–water partition coefficient (Wildman–Crippen LogP) is 5.72. The molecule has 3 aromatic rings. The first-order valence-electron chi connectivity index (χ1n) is 10.9. The maximum atomic E-state index is 14.0. The summed E-state index contributed by atoms with van der Waals surface area (Å²) in [4.78, 5) is 11.4. The minimum absolute atomic E-state index is 0.212. The van der Waals surface area contributed by atoms with Gasteiger partial charge in [-0.05, 0) is 70.7 Å². The molecule has 1 aliphatic carbocycles. The molecule has 0 heterocycles. The van der Waals surface area contributed by atoms with Crippen molar-refractivity contribution in [1.82, 2.24) is 0 Å². The van der Waals surface area contributed by atoms with Crippen LogP contribution < -0.4 is 14.2 Å². The molecule has 7 heteroatoms. The molecule has 1 unspecified atom stereocenters. The number of allylic oxidation sites excluding steroid dienone is 2. The van der Waals surface area contributed by atoms with E-state index in [2.05, 4.69) is 0 Å². The van der Waals surface area contributed by atoms with E-state index in [4.69, 9.17) is 14.2 Å². The summed E-state index contributed by atoms with van der Waals surface area (Å²) in [5.41, 5.74) is 4.69. The maximum absolute atomic E-state index is 14.0. The fourth-order valence-electron chi connectivity index (χ4n) is 4.20. The lowest BCUT2D eigenvalue weighted by atomic mass is 10.00. The molecule has 4 rings (SSSR count). The van der Waals surface area contributed by atoms with Crippen molar-refractivity contribution >= 4 is 23.2 Å². The number of carbonyl (C=O) groups is 1. The monoisotopic (exact) mass is 476 g/mol. The summed E-state index contributed by atoms with van der Waals surface area (Å²) in [7, 11) is 2.97. The fourth-order valence-corrected chi connectivity index (χ4v) is 4.20. The molecule has 35 heavy (non-hydrogen) atoms. The minimum Gasteiger partial charge on any atom is -0.493 e. The molecule has 0 aliphatic heterocycles. The summed E-state index contributed by atoms with van der Waals surface area (Å²) >= 11 is 0. The van der Waals surface area contributed by atoms with Crippen LogP contribution in [0.2, 0.25) is 0 Å². The highest BCUT2D eigenvalue weighted by molar-refractivity contribution is 6.07. The number of methoxy groups -OCH3 is 2. The average molecular weight is 477 g/mol. The third-order valence-electron chi connectivity index (χ3n) is 5.89. The van der Waals surface area contributed by atoms with Crippen LogP contribution in [0.5, 0.6) is 17.2 Å². The number of ether oxygens (including phenoxy) is 3. The van der Waals surface area contributed by atoms with Crippen LogP contribution in [0.1, 0.15) is 41.9 Å². The first-order valence-corrected chi connectivity index (χ1v) is 10.9. The zero-order chi connectivity index (χ0) is 25.1. The summed E-state index contributed by atoms with van der Waals surface area (Å²) in [5.74, 6) is -0.492. The Kier molecular flexibility index (Phi) is 6.89. The van der Waals surface area contributed by atoms with Gasteiger partial charge in [-0.2, -0.15) is 0 Å². The largest absolute Gasteiger partial charge is 0.493 e. The lowest BCUT2D eigenvalue weighted by molar-refractivity contribution is -0.135. The van der Waals surface area contributed by atoms with Crippen molar-refractivity contribution in [3.63, 3.8) is 0 Å². The van der Waals surface area contributed by atoms with Crippen LogP contribution in [0.15, 0.2) is 66.2 Å². The van der Waals surface area contributed by atoms with Crippen LogP contribution >= 0.6 is 0 Å². The van der Waals surface area contributed by atoms with Crippen molar-refractivity contribution in [2.24, 2.45) is 0 Å². The molecule has 180 valence electrons. The van der Waals surface area contributed by atoms with Crippen molar-refractivity contribution in [3.05, 3.63) is 94.3 Å². The van der Waals surface area contributed by atoms with Crippen LogP contribution in [0.3, 0.4) is 0 Å². The van der Waals surface area contributed by atoms with E-state index in [-0.39, 0.29) is 12.2 Å². The van der Waals surface area contributed by atoms with Crippen LogP contribution in [0.4, 0.5) is 4.39 Å². The van der Waals surface area contributed by atoms with Crippen molar-refractivity contribution < 1.29 is 33.6 Å². The van der Waals surface area contributed by atoms with Gasteiger partial charge >= 0.3 is 5.97 Å². The Morgan fingerprint density at radius 1 is 1.00 bits per heavy atom. The molecule has 1 atom stereocenters. The molecule has 0 aromatic heterocycles. The van der Waals surface area contributed by atoms with Gasteiger partial charge in [0.25, 0.3) is 0 Å². The second kappa shape index (κ2) is 10.0.